The number of rotatable bonds is 6. The third-order valence-electron chi connectivity index (χ3n) is 2.73. The Labute approximate surface area is 118 Å². The van der Waals surface area contributed by atoms with E-state index in [2.05, 4.69) is 5.32 Å². The van der Waals surface area contributed by atoms with Crippen LogP contribution in [0, 0.1) is 5.82 Å². The zero-order valence-electron chi connectivity index (χ0n) is 11.8. The first-order valence-electron chi connectivity index (χ1n) is 6.30. The Hall–Kier alpha value is -1.63. The Bertz CT molecular complexity index is 575. The second-order valence-corrected chi connectivity index (χ2v) is 6.34. The minimum Gasteiger partial charge on any atom is -0.354 e. The van der Waals surface area contributed by atoms with E-state index in [0.717, 1.165) is 23.0 Å². The van der Waals surface area contributed by atoms with E-state index in [4.69, 9.17) is 0 Å². The van der Waals surface area contributed by atoms with Crippen LogP contribution in [0.2, 0.25) is 0 Å². The average Bonchev–Trinajstić information content (AvgIpc) is 2.36. The van der Waals surface area contributed by atoms with Crippen LogP contribution in [0.15, 0.2) is 24.3 Å². The normalized spacial score (nSPS) is 12.8. The fourth-order valence-corrected chi connectivity index (χ4v) is 2.98. The maximum atomic E-state index is 13.8. The van der Waals surface area contributed by atoms with Gasteiger partial charge in [-0.25, -0.2) is 12.8 Å². The average molecular weight is 302 g/mol. The molecule has 112 valence electrons. The van der Waals surface area contributed by atoms with Gasteiger partial charge in [0.2, 0.25) is 15.9 Å². The molecular formula is C13H19FN2O3S. The molecule has 7 heteroatoms. The van der Waals surface area contributed by atoms with Gasteiger partial charge < -0.3 is 5.32 Å². The molecule has 0 saturated heterocycles. The molecule has 0 aromatic heterocycles. The lowest BCUT2D eigenvalue weighted by Crippen LogP contribution is -2.48. The van der Waals surface area contributed by atoms with Crippen LogP contribution in [-0.4, -0.2) is 33.2 Å². The number of amides is 1. The number of benzene rings is 1. The smallest absolute Gasteiger partial charge is 0.243 e. The largest absolute Gasteiger partial charge is 0.354 e. The number of carbonyl (C=O) groups excluding carboxylic acids is 1. The van der Waals surface area contributed by atoms with Crippen LogP contribution in [-0.2, 0) is 14.8 Å². The van der Waals surface area contributed by atoms with Gasteiger partial charge in [0.25, 0.3) is 0 Å². The van der Waals surface area contributed by atoms with Gasteiger partial charge in [-0.1, -0.05) is 19.1 Å². The number of hydrogen-bond donors (Lipinski definition) is 1. The third kappa shape index (κ3) is 3.93. The summed E-state index contributed by atoms with van der Waals surface area (Å²) in [5.74, 6) is -1.14. The number of carbonyl (C=O) groups is 1. The van der Waals surface area contributed by atoms with Crippen LogP contribution in [0.3, 0.4) is 0 Å². The van der Waals surface area contributed by atoms with Gasteiger partial charge in [0.1, 0.15) is 11.9 Å². The van der Waals surface area contributed by atoms with Gasteiger partial charge >= 0.3 is 0 Å². The highest BCUT2D eigenvalue weighted by Gasteiger charge is 2.30. The van der Waals surface area contributed by atoms with Gasteiger partial charge in [-0.3, -0.25) is 9.10 Å². The second-order valence-electron chi connectivity index (χ2n) is 4.48. The summed E-state index contributed by atoms with van der Waals surface area (Å²) >= 11 is 0. The Morgan fingerprint density at radius 3 is 2.50 bits per heavy atom. The molecular weight excluding hydrogens is 283 g/mol. The Morgan fingerprint density at radius 1 is 1.40 bits per heavy atom. The minimum atomic E-state index is -3.78. The summed E-state index contributed by atoms with van der Waals surface area (Å²) < 4.78 is 38.4. The monoisotopic (exact) mass is 302 g/mol. The van der Waals surface area contributed by atoms with Crippen molar-refractivity contribution in [1.29, 1.82) is 0 Å². The topological polar surface area (TPSA) is 66.5 Å². The molecule has 0 heterocycles. The van der Waals surface area contributed by atoms with E-state index in [1.54, 1.807) is 0 Å². The van der Waals surface area contributed by atoms with Crippen molar-refractivity contribution in [3.8, 4) is 0 Å². The molecule has 1 aromatic carbocycles. The molecule has 0 aliphatic rings. The molecule has 5 nitrogen and oxygen atoms in total. The molecule has 1 N–H and O–H groups in total. The van der Waals surface area contributed by atoms with Crippen molar-refractivity contribution in [3.63, 3.8) is 0 Å². The predicted molar refractivity (Wildman–Crippen MR) is 76.5 cm³/mol. The van der Waals surface area contributed by atoms with Crippen LogP contribution in [0.25, 0.3) is 0 Å². The third-order valence-corrected chi connectivity index (χ3v) is 3.96. The lowest BCUT2D eigenvalue weighted by molar-refractivity contribution is -0.121. The number of para-hydroxylation sites is 1. The van der Waals surface area contributed by atoms with Gasteiger partial charge in [0, 0.05) is 6.54 Å². The molecule has 1 unspecified atom stereocenters. The lowest BCUT2D eigenvalue weighted by atomic mass is 10.2. The zero-order valence-corrected chi connectivity index (χ0v) is 12.6. The number of halogens is 1. The number of nitrogens with zero attached hydrogens (tertiary/aromatic N) is 1. The summed E-state index contributed by atoms with van der Waals surface area (Å²) in [6.45, 7) is 3.76. The van der Waals surface area contributed by atoms with Gasteiger partial charge in [-0.05, 0) is 25.5 Å². The molecule has 0 fully saturated rings. The molecule has 1 atom stereocenters. The van der Waals surface area contributed by atoms with Crippen LogP contribution in [0.1, 0.15) is 20.3 Å². The first kappa shape index (κ1) is 16.4. The molecule has 0 aliphatic carbocycles. The van der Waals surface area contributed by atoms with Gasteiger partial charge in [-0.2, -0.15) is 0 Å². The quantitative estimate of drug-likeness (QED) is 0.866. The van der Waals surface area contributed by atoms with Crippen molar-refractivity contribution in [2.24, 2.45) is 0 Å². The van der Waals surface area contributed by atoms with Gasteiger partial charge in [0.15, 0.2) is 0 Å². The Morgan fingerprint density at radius 2 is 2.00 bits per heavy atom. The van der Waals surface area contributed by atoms with Crippen molar-refractivity contribution < 1.29 is 17.6 Å². The maximum Gasteiger partial charge on any atom is 0.243 e. The first-order valence-corrected chi connectivity index (χ1v) is 8.15. The molecule has 1 rings (SSSR count). The van der Waals surface area contributed by atoms with Crippen molar-refractivity contribution in [3.05, 3.63) is 30.1 Å². The molecule has 1 amide bonds. The SMILES string of the molecule is CCCNC(=O)C(C)N(c1ccccc1F)S(C)(=O)=O. The summed E-state index contributed by atoms with van der Waals surface area (Å²) in [5.41, 5.74) is -0.130. The summed E-state index contributed by atoms with van der Waals surface area (Å²) in [4.78, 5) is 11.9. The van der Waals surface area contributed by atoms with Gasteiger partial charge in [-0.15, -0.1) is 0 Å². The number of nitrogens with one attached hydrogen (secondary N) is 1. The molecule has 0 aliphatic heterocycles. The van der Waals surface area contributed by atoms with E-state index in [1.807, 2.05) is 6.92 Å². The predicted octanol–water partition coefficient (Wildman–Crippen LogP) is 1.51. The van der Waals surface area contributed by atoms with Crippen molar-refractivity contribution in [1.82, 2.24) is 5.32 Å². The van der Waals surface area contributed by atoms with E-state index in [0.29, 0.717) is 6.54 Å². The molecule has 0 spiro atoms. The molecule has 0 radical (unpaired) electrons. The van der Waals surface area contributed by atoms with E-state index in [-0.39, 0.29) is 5.69 Å². The van der Waals surface area contributed by atoms with Crippen molar-refractivity contribution in [2.75, 3.05) is 17.1 Å². The highest BCUT2D eigenvalue weighted by atomic mass is 32.2. The maximum absolute atomic E-state index is 13.8. The molecule has 20 heavy (non-hydrogen) atoms. The summed E-state index contributed by atoms with van der Waals surface area (Å²) in [5, 5.41) is 2.61. The Kier molecular flexibility index (Phi) is 5.50. The summed E-state index contributed by atoms with van der Waals surface area (Å²) in [6, 6.07) is 4.45. The van der Waals surface area contributed by atoms with E-state index in [1.165, 1.54) is 25.1 Å². The highest BCUT2D eigenvalue weighted by molar-refractivity contribution is 7.92. The van der Waals surface area contributed by atoms with Gasteiger partial charge in [0.05, 0.1) is 11.9 Å². The minimum absolute atomic E-state index is 0.130. The lowest BCUT2D eigenvalue weighted by Gasteiger charge is -2.28. The number of anilines is 1. The second kappa shape index (κ2) is 6.69. The van der Waals surface area contributed by atoms with Crippen LogP contribution >= 0.6 is 0 Å². The van der Waals surface area contributed by atoms with Crippen LogP contribution in [0.5, 0.6) is 0 Å². The molecule has 0 saturated carbocycles. The van der Waals surface area contributed by atoms with Crippen LogP contribution < -0.4 is 9.62 Å². The molecule has 0 bridgehead atoms. The van der Waals surface area contributed by atoms with Crippen molar-refractivity contribution in [2.45, 2.75) is 26.3 Å². The van der Waals surface area contributed by atoms with E-state index >= 15 is 0 Å². The number of sulfonamides is 1. The summed E-state index contributed by atoms with van der Waals surface area (Å²) in [7, 11) is -3.78. The first-order chi connectivity index (χ1) is 9.29. The van der Waals surface area contributed by atoms with E-state index < -0.39 is 27.8 Å². The van der Waals surface area contributed by atoms with E-state index in [9.17, 15) is 17.6 Å². The standard InChI is InChI=1S/C13H19FN2O3S/c1-4-9-15-13(17)10(2)16(20(3,18)19)12-8-6-5-7-11(12)14/h5-8,10H,4,9H2,1-3H3,(H,15,17). The van der Waals surface area contributed by atoms with Crippen LogP contribution in [0.4, 0.5) is 10.1 Å². The fraction of sp³-hybridized carbons (Fsp3) is 0.462. The van der Waals surface area contributed by atoms with Crippen molar-refractivity contribution >= 4 is 21.6 Å². The molecule has 1 aromatic rings. The highest BCUT2D eigenvalue weighted by Crippen LogP contribution is 2.23. The fourth-order valence-electron chi connectivity index (χ4n) is 1.81. The zero-order chi connectivity index (χ0) is 15.3. The number of hydrogen-bond acceptors (Lipinski definition) is 3. The summed E-state index contributed by atoms with van der Waals surface area (Å²) in [6.07, 6.45) is 1.68. The Balaban J connectivity index is 3.15.